The zero-order chi connectivity index (χ0) is 15.9. The number of nitrogens with one attached hydrogen (secondary N) is 1. The van der Waals surface area contributed by atoms with E-state index in [9.17, 15) is 9.59 Å². The molecule has 6 heteroatoms. The number of alkyl carbamates (subject to hydrolysis) is 1. The first-order valence-corrected chi connectivity index (χ1v) is 6.66. The zero-order valence-electron chi connectivity index (χ0n) is 12.5. The summed E-state index contributed by atoms with van der Waals surface area (Å²) in [5, 5.41) is 11.5. The summed E-state index contributed by atoms with van der Waals surface area (Å²) in [7, 11) is 0. The van der Waals surface area contributed by atoms with Gasteiger partial charge in [-0.1, -0.05) is 12.1 Å². The van der Waals surface area contributed by atoms with E-state index >= 15 is 0 Å². The second kappa shape index (κ2) is 7.52. The van der Waals surface area contributed by atoms with E-state index in [1.54, 1.807) is 45.0 Å². The summed E-state index contributed by atoms with van der Waals surface area (Å²) in [6, 6.07) is 6.63. The van der Waals surface area contributed by atoms with Crippen molar-refractivity contribution in [2.75, 3.05) is 13.2 Å². The van der Waals surface area contributed by atoms with Gasteiger partial charge in [-0.05, 0) is 38.5 Å². The molecule has 0 aromatic heterocycles. The molecule has 0 heterocycles. The molecule has 0 atom stereocenters. The van der Waals surface area contributed by atoms with Crippen molar-refractivity contribution in [2.24, 2.45) is 0 Å². The number of benzene rings is 1. The minimum atomic E-state index is -0.667. The van der Waals surface area contributed by atoms with Crippen molar-refractivity contribution in [3.63, 3.8) is 0 Å². The van der Waals surface area contributed by atoms with E-state index in [1.165, 1.54) is 0 Å². The maximum atomic E-state index is 11.4. The Balaban J connectivity index is 2.19. The molecule has 0 aliphatic heterocycles. The van der Waals surface area contributed by atoms with Crippen LogP contribution in [0.3, 0.4) is 0 Å². The van der Waals surface area contributed by atoms with Gasteiger partial charge in [-0.15, -0.1) is 0 Å². The molecular formula is C15H21NO5. The van der Waals surface area contributed by atoms with Crippen molar-refractivity contribution in [1.82, 2.24) is 5.32 Å². The Kier molecular flexibility index (Phi) is 6.02. The molecule has 2 N–H and O–H groups in total. The largest absolute Gasteiger partial charge is 0.508 e. The molecule has 0 saturated carbocycles. The summed E-state index contributed by atoms with van der Waals surface area (Å²) in [6.07, 6.45) is -0.139. The van der Waals surface area contributed by atoms with Gasteiger partial charge >= 0.3 is 12.1 Å². The maximum Gasteiger partial charge on any atom is 0.407 e. The van der Waals surface area contributed by atoms with Crippen molar-refractivity contribution >= 4 is 12.1 Å². The van der Waals surface area contributed by atoms with Gasteiger partial charge in [0.25, 0.3) is 0 Å². The topological polar surface area (TPSA) is 84.9 Å². The molecule has 6 nitrogen and oxygen atoms in total. The van der Waals surface area contributed by atoms with Crippen LogP contribution < -0.4 is 5.32 Å². The van der Waals surface area contributed by atoms with Crippen molar-refractivity contribution in [3.8, 4) is 5.75 Å². The fraction of sp³-hybridized carbons (Fsp3) is 0.467. The van der Waals surface area contributed by atoms with Crippen LogP contribution in [0.4, 0.5) is 4.79 Å². The third-order valence-electron chi connectivity index (χ3n) is 2.36. The summed E-state index contributed by atoms with van der Waals surface area (Å²) in [5.74, 6) is -0.326. The van der Waals surface area contributed by atoms with Crippen molar-refractivity contribution in [2.45, 2.75) is 32.8 Å². The van der Waals surface area contributed by atoms with E-state index in [4.69, 9.17) is 14.6 Å². The average molecular weight is 295 g/mol. The Morgan fingerprint density at radius 3 is 2.38 bits per heavy atom. The lowest BCUT2D eigenvalue weighted by molar-refractivity contribution is -0.153. The second-order valence-corrected chi connectivity index (χ2v) is 5.49. The van der Waals surface area contributed by atoms with Crippen LogP contribution in [-0.4, -0.2) is 35.9 Å². The number of hydrogen-bond donors (Lipinski definition) is 2. The lowest BCUT2D eigenvalue weighted by Gasteiger charge is -2.19. The van der Waals surface area contributed by atoms with Gasteiger partial charge in [0.15, 0.2) is 0 Å². The summed E-state index contributed by atoms with van der Waals surface area (Å²) in [5.41, 5.74) is 0.356. The molecular weight excluding hydrogens is 274 g/mol. The number of ether oxygens (including phenoxy) is 2. The molecule has 1 amide bonds. The molecule has 1 rings (SSSR count). The fourth-order valence-electron chi connectivity index (χ4n) is 1.50. The fourth-order valence-corrected chi connectivity index (χ4v) is 1.50. The Bertz CT molecular complexity index is 476. The van der Waals surface area contributed by atoms with Gasteiger partial charge < -0.3 is 19.9 Å². The normalized spacial score (nSPS) is 10.8. The Morgan fingerprint density at radius 1 is 1.19 bits per heavy atom. The zero-order valence-corrected chi connectivity index (χ0v) is 12.5. The first-order valence-electron chi connectivity index (χ1n) is 6.66. The van der Waals surface area contributed by atoms with Gasteiger partial charge in [-0.2, -0.15) is 0 Å². The summed E-state index contributed by atoms with van der Waals surface area (Å²) < 4.78 is 9.98. The molecule has 21 heavy (non-hydrogen) atoms. The summed E-state index contributed by atoms with van der Waals surface area (Å²) >= 11 is 0. The average Bonchev–Trinajstić information content (AvgIpc) is 2.37. The van der Waals surface area contributed by atoms with Crippen LogP contribution in [0.2, 0.25) is 0 Å². The van der Waals surface area contributed by atoms with Crippen LogP contribution in [0.5, 0.6) is 5.75 Å². The Hall–Kier alpha value is -2.24. The lowest BCUT2D eigenvalue weighted by Crippen LogP contribution is -2.35. The number of hydrogen-bond acceptors (Lipinski definition) is 5. The number of phenols is 1. The molecule has 0 fully saturated rings. The van der Waals surface area contributed by atoms with E-state index in [1.807, 2.05) is 0 Å². The van der Waals surface area contributed by atoms with Gasteiger partial charge in [0.1, 0.15) is 17.9 Å². The Labute approximate surface area is 124 Å². The standard InChI is InChI=1S/C15H21NO5/c1-15(2,3)21-13(18)10-16-14(19)20-9-8-11-4-6-12(17)7-5-11/h4-7,17H,8-10H2,1-3H3,(H,16,19). The van der Waals surface area contributed by atoms with Gasteiger partial charge in [-0.3, -0.25) is 4.79 Å². The van der Waals surface area contributed by atoms with Gasteiger partial charge in [-0.25, -0.2) is 4.79 Å². The molecule has 1 aromatic rings. The lowest BCUT2D eigenvalue weighted by atomic mass is 10.1. The SMILES string of the molecule is CC(C)(C)OC(=O)CNC(=O)OCCc1ccc(O)cc1. The smallest absolute Gasteiger partial charge is 0.407 e. The van der Waals surface area contributed by atoms with Gasteiger partial charge in [0.2, 0.25) is 0 Å². The monoisotopic (exact) mass is 295 g/mol. The van der Waals surface area contributed by atoms with Crippen LogP contribution in [0, 0.1) is 0 Å². The summed E-state index contributed by atoms with van der Waals surface area (Å²) in [6.45, 7) is 5.21. The maximum absolute atomic E-state index is 11.4. The molecule has 0 radical (unpaired) electrons. The third kappa shape index (κ3) is 7.81. The highest BCUT2D eigenvalue weighted by molar-refractivity contribution is 5.78. The highest BCUT2D eigenvalue weighted by Crippen LogP contribution is 2.10. The number of aromatic hydroxyl groups is 1. The number of carbonyl (C=O) groups is 2. The minimum absolute atomic E-state index is 0.185. The third-order valence-corrected chi connectivity index (χ3v) is 2.36. The van der Waals surface area contributed by atoms with Gasteiger partial charge in [0.05, 0.1) is 6.61 Å². The first-order chi connectivity index (χ1) is 9.76. The van der Waals surface area contributed by atoms with Crippen LogP contribution in [0.25, 0.3) is 0 Å². The van der Waals surface area contributed by atoms with Crippen molar-refractivity contribution in [3.05, 3.63) is 29.8 Å². The molecule has 0 saturated heterocycles. The minimum Gasteiger partial charge on any atom is -0.508 e. The second-order valence-electron chi connectivity index (χ2n) is 5.49. The molecule has 0 unspecified atom stereocenters. The van der Waals surface area contributed by atoms with Crippen molar-refractivity contribution < 1.29 is 24.2 Å². The molecule has 116 valence electrons. The van der Waals surface area contributed by atoms with Crippen LogP contribution in [0.15, 0.2) is 24.3 Å². The predicted molar refractivity (Wildman–Crippen MR) is 77.0 cm³/mol. The van der Waals surface area contributed by atoms with E-state index in [0.29, 0.717) is 6.42 Å². The Morgan fingerprint density at radius 2 is 1.81 bits per heavy atom. The number of carbonyl (C=O) groups excluding carboxylic acids is 2. The highest BCUT2D eigenvalue weighted by Gasteiger charge is 2.16. The molecule has 1 aromatic carbocycles. The molecule has 0 aliphatic carbocycles. The number of amides is 1. The van der Waals surface area contributed by atoms with Crippen LogP contribution in [0.1, 0.15) is 26.3 Å². The van der Waals surface area contributed by atoms with Crippen LogP contribution in [-0.2, 0) is 20.7 Å². The van der Waals surface area contributed by atoms with E-state index in [2.05, 4.69) is 5.32 Å². The predicted octanol–water partition coefficient (Wildman–Crippen LogP) is 2.00. The quantitative estimate of drug-likeness (QED) is 0.812. The number of rotatable bonds is 5. The number of esters is 1. The van der Waals surface area contributed by atoms with Crippen molar-refractivity contribution in [1.29, 1.82) is 0 Å². The van der Waals surface area contributed by atoms with E-state index in [0.717, 1.165) is 5.56 Å². The molecule has 0 aliphatic rings. The highest BCUT2D eigenvalue weighted by atomic mass is 16.6. The molecule has 0 bridgehead atoms. The summed E-state index contributed by atoms with van der Waals surface area (Å²) in [4.78, 5) is 22.8. The van der Waals surface area contributed by atoms with E-state index in [-0.39, 0.29) is 18.9 Å². The van der Waals surface area contributed by atoms with Gasteiger partial charge in [0, 0.05) is 6.42 Å². The molecule has 0 spiro atoms. The van der Waals surface area contributed by atoms with Crippen LogP contribution >= 0.6 is 0 Å². The van der Waals surface area contributed by atoms with E-state index < -0.39 is 17.7 Å². The number of phenolic OH excluding ortho intramolecular Hbond substituents is 1. The first kappa shape index (κ1) is 16.8.